The Bertz CT molecular complexity index is 503. The van der Waals surface area contributed by atoms with Gasteiger partial charge in [-0.15, -0.1) is 0 Å². The predicted molar refractivity (Wildman–Crippen MR) is 68.2 cm³/mol. The summed E-state index contributed by atoms with van der Waals surface area (Å²) in [7, 11) is 0. The third-order valence-electron chi connectivity index (χ3n) is 3.10. The predicted octanol–water partition coefficient (Wildman–Crippen LogP) is 2.36. The highest BCUT2D eigenvalue weighted by Crippen LogP contribution is 2.29. The molecule has 1 aliphatic heterocycles. The van der Waals surface area contributed by atoms with Crippen LogP contribution >= 0.6 is 0 Å². The van der Waals surface area contributed by atoms with E-state index >= 15 is 0 Å². The van der Waals surface area contributed by atoms with Crippen molar-refractivity contribution in [2.24, 2.45) is 11.8 Å². The summed E-state index contributed by atoms with van der Waals surface area (Å²) in [5.41, 5.74) is 1.74. The van der Waals surface area contributed by atoms with Crippen molar-refractivity contribution in [1.29, 1.82) is 5.26 Å². The van der Waals surface area contributed by atoms with Crippen LogP contribution in [-0.2, 0) is 11.2 Å². The lowest BCUT2D eigenvalue weighted by Crippen LogP contribution is -2.25. The Morgan fingerprint density at radius 2 is 2.28 bits per heavy atom. The summed E-state index contributed by atoms with van der Waals surface area (Å²) in [6, 6.07) is 8.00. The number of nitrogens with one attached hydrogen (secondary N) is 1. The van der Waals surface area contributed by atoms with E-state index in [1.807, 2.05) is 32.0 Å². The summed E-state index contributed by atoms with van der Waals surface area (Å²) in [4.78, 5) is 11.2. The average Bonchev–Trinajstić information content (AvgIpc) is 2.35. The van der Waals surface area contributed by atoms with Crippen molar-refractivity contribution < 1.29 is 9.53 Å². The van der Waals surface area contributed by atoms with Gasteiger partial charge < -0.3 is 10.1 Å². The molecule has 1 heterocycles. The minimum Gasteiger partial charge on any atom is -0.482 e. The van der Waals surface area contributed by atoms with E-state index in [0.29, 0.717) is 23.8 Å². The maximum Gasteiger partial charge on any atom is 0.262 e. The van der Waals surface area contributed by atoms with Gasteiger partial charge in [0.1, 0.15) is 5.75 Å². The van der Waals surface area contributed by atoms with Crippen LogP contribution in [0, 0.1) is 23.2 Å². The van der Waals surface area contributed by atoms with Gasteiger partial charge >= 0.3 is 0 Å². The maximum absolute atomic E-state index is 11.2. The highest BCUT2D eigenvalue weighted by Gasteiger charge is 2.18. The molecule has 0 saturated carbocycles. The summed E-state index contributed by atoms with van der Waals surface area (Å²) in [6.07, 6.45) is 0.692. The summed E-state index contributed by atoms with van der Waals surface area (Å²) >= 11 is 0. The number of anilines is 1. The van der Waals surface area contributed by atoms with Gasteiger partial charge in [-0.3, -0.25) is 4.79 Å². The van der Waals surface area contributed by atoms with Crippen LogP contribution in [0.25, 0.3) is 0 Å². The molecule has 1 aromatic rings. The molecule has 1 amide bonds. The maximum atomic E-state index is 11.2. The fourth-order valence-corrected chi connectivity index (χ4v) is 1.94. The molecular weight excluding hydrogens is 228 g/mol. The second-order valence-electron chi connectivity index (χ2n) is 4.85. The SMILES string of the molecule is CC(C)C(C#N)Cc1ccc2c(c1)NC(=O)CO2. The fourth-order valence-electron chi connectivity index (χ4n) is 1.94. The molecule has 0 bridgehead atoms. The molecule has 1 aliphatic rings. The highest BCUT2D eigenvalue weighted by atomic mass is 16.5. The molecule has 0 spiro atoms. The Morgan fingerprint density at radius 3 is 2.94 bits per heavy atom. The Balaban J connectivity index is 2.18. The zero-order chi connectivity index (χ0) is 13.1. The number of benzene rings is 1. The van der Waals surface area contributed by atoms with Crippen molar-refractivity contribution in [3.8, 4) is 11.8 Å². The van der Waals surface area contributed by atoms with Crippen molar-refractivity contribution in [3.63, 3.8) is 0 Å². The molecule has 4 heteroatoms. The molecular formula is C14H16N2O2. The van der Waals surface area contributed by atoms with Gasteiger partial charge in [0.25, 0.3) is 5.91 Å². The Morgan fingerprint density at radius 1 is 1.50 bits per heavy atom. The summed E-state index contributed by atoms with van der Waals surface area (Å²) in [5.74, 6) is 0.858. The number of nitriles is 1. The minimum atomic E-state index is -0.139. The van der Waals surface area contributed by atoms with Crippen molar-refractivity contribution in [2.75, 3.05) is 11.9 Å². The average molecular weight is 244 g/mol. The molecule has 2 rings (SSSR count). The lowest BCUT2D eigenvalue weighted by molar-refractivity contribution is -0.118. The highest BCUT2D eigenvalue weighted by molar-refractivity contribution is 5.95. The lowest BCUT2D eigenvalue weighted by atomic mass is 9.90. The van der Waals surface area contributed by atoms with Gasteiger partial charge in [0, 0.05) is 0 Å². The van der Waals surface area contributed by atoms with Crippen LogP contribution in [0.3, 0.4) is 0 Å². The molecule has 18 heavy (non-hydrogen) atoms. The van der Waals surface area contributed by atoms with Gasteiger partial charge in [0.05, 0.1) is 17.7 Å². The zero-order valence-corrected chi connectivity index (χ0v) is 10.6. The zero-order valence-electron chi connectivity index (χ0n) is 10.6. The number of ether oxygens (including phenoxy) is 1. The van der Waals surface area contributed by atoms with Crippen LogP contribution in [0.15, 0.2) is 18.2 Å². The summed E-state index contributed by atoms with van der Waals surface area (Å²) in [6.45, 7) is 4.15. The van der Waals surface area contributed by atoms with Gasteiger partial charge in [-0.05, 0) is 30.0 Å². The first-order chi connectivity index (χ1) is 8.60. The molecule has 1 aromatic carbocycles. The van der Waals surface area contributed by atoms with Crippen LogP contribution in [-0.4, -0.2) is 12.5 Å². The number of amides is 1. The van der Waals surface area contributed by atoms with Crippen LogP contribution in [0.5, 0.6) is 5.75 Å². The second kappa shape index (κ2) is 5.09. The third-order valence-corrected chi connectivity index (χ3v) is 3.10. The molecule has 0 radical (unpaired) electrons. The fraction of sp³-hybridized carbons (Fsp3) is 0.429. The number of carbonyl (C=O) groups is 1. The smallest absolute Gasteiger partial charge is 0.262 e. The van der Waals surface area contributed by atoms with Crippen molar-refractivity contribution in [3.05, 3.63) is 23.8 Å². The van der Waals surface area contributed by atoms with Gasteiger partial charge in [-0.25, -0.2) is 0 Å². The normalized spacial score (nSPS) is 15.3. The van der Waals surface area contributed by atoms with E-state index in [9.17, 15) is 4.79 Å². The number of carbonyl (C=O) groups excluding carboxylic acids is 1. The largest absolute Gasteiger partial charge is 0.482 e. The number of nitrogens with zero attached hydrogens (tertiary/aromatic N) is 1. The summed E-state index contributed by atoms with van der Waals surface area (Å²) in [5, 5.41) is 11.9. The van der Waals surface area contributed by atoms with Gasteiger partial charge in [0.2, 0.25) is 0 Å². The molecule has 1 unspecified atom stereocenters. The first-order valence-electron chi connectivity index (χ1n) is 6.05. The first-order valence-corrected chi connectivity index (χ1v) is 6.05. The third kappa shape index (κ3) is 2.62. The van der Waals surface area contributed by atoms with Gasteiger partial charge in [-0.1, -0.05) is 19.9 Å². The van der Waals surface area contributed by atoms with Crippen molar-refractivity contribution >= 4 is 11.6 Å². The van der Waals surface area contributed by atoms with Crippen LogP contribution in [0.1, 0.15) is 19.4 Å². The Hall–Kier alpha value is -2.02. The van der Waals surface area contributed by atoms with E-state index < -0.39 is 0 Å². The number of hydrogen-bond acceptors (Lipinski definition) is 3. The molecule has 0 fully saturated rings. The number of fused-ring (bicyclic) bond motifs is 1. The first kappa shape index (κ1) is 12.4. The molecule has 0 aliphatic carbocycles. The standard InChI is InChI=1S/C14H16N2O2/c1-9(2)11(7-15)5-10-3-4-13-12(6-10)16-14(17)8-18-13/h3-4,6,9,11H,5,8H2,1-2H3,(H,16,17). The topological polar surface area (TPSA) is 62.1 Å². The van der Waals surface area contributed by atoms with E-state index in [1.54, 1.807) is 0 Å². The van der Waals surface area contributed by atoms with Gasteiger partial charge in [0.15, 0.2) is 6.61 Å². The van der Waals surface area contributed by atoms with E-state index in [1.165, 1.54) is 0 Å². The van der Waals surface area contributed by atoms with Crippen molar-refractivity contribution in [2.45, 2.75) is 20.3 Å². The molecule has 0 saturated heterocycles. The lowest BCUT2D eigenvalue weighted by Gasteiger charge is -2.19. The van der Waals surface area contributed by atoms with E-state index in [0.717, 1.165) is 5.56 Å². The molecule has 4 nitrogen and oxygen atoms in total. The summed E-state index contributed by atoms with van der Waals surface area (Å²) < 4.78 is 5.29. The molecule has 1 atom stereocenters. The van der Waals surface area contributed by atoms with Crippen LogP contribution in [0.4, 0.5) is 5.69 Å². The van der Waals surface area contributed by atoms with E-state index in [2.05, 4.69) is 11.4 Å². The Kier molecular flexibility index (Phi) is 3.52. The quantitative estimate of drug-likeness (QED) is 0.887. The molecule has 1 N–H and O–H groups in total. The Labute approximate surface area is 107 Å². The monoisotopic (exact) mass is 244 g/mol. The minimum absolute atomic E-state index is 0.0109. The van der Waals surface area contributed by atoms with Crippen molar-refractivity contribution in [1.82, 2.24) is 0 Å². The van der Waals surface area contributed by atoms with E-state index in [-0.39, 0.29) is 18.4 Å². The second-order valence-corrected chi connectivity index (χ2v) is 4.85. The van der Waals surface area contributed by atoms with Gasteiger partial charge in [-0.2, -0.15) is 5.26 Å². The molecule has 0 aromatic heterocycles. The molecule has 94 valence electrons. The number of rotatable bonds is 3. The number of hydrogen-bond donors (Lipinski definition) is 1. The van der Waals surface area contributed by atoms with Crippen LogP contribution < -0.4 is 10.1 Å². The van der Waals surface area contributed by atoms with Crippen LogP contribution in [0.2, 0.25) is 0 Å². The van der Waals surface area contributed by atoms with E-state index in [4.69, 9.17) is 10.00 Å².